The van der Waals surface area contributed by atoms with Crippen LogP contribution in [0.3, 0.4) is 0 Å². The molecule has 0 aromatic heterocycles. The summed E-state index contributed by atoms with van der Waals surface area (Å²) in [7, 11) is 0. The maximum atomic E-state index is 11.9. The Morgan fingerprint density at radius 3 is 2.53 bits per heavy atom. The molecule has 0 heterocycles. The van der Waals surface area contributed by atoms with Crippen molar-refractivity contribution in [3.63, 3.8) is 0 Å². The molecule has 4 nitrogen and oxygen atoms in total. The Labute approximate surface area is 113 Å². The molecule has 1 fully saturated rings. The average Bonchev–Trinajstić information content (AvgIpc) is 2.87. The van der Waals surface area contributed by atoms with Gasteiger partial charge in [0.15, 0.2) is 0 Å². The Balaban J connectivity index is 1.85. The van der Waals surface area contributed by atoms with Crippen LogP contribution in [0.1, 0.15) is 31.2 Å². The zero-order valence-corrected chi connectivity index (χ0v) is 11.2. The molecule has 2 rings (SSSR count). The lowest BCUT2D eigenvalue weighted by Crippen LogP contribution is -2.47. The molecule has 4 heteroatoms. The number of aryl methyl sites for hydroxylation is 1. The van der Waals surface area contributed by atoms with Gasteiger partial charge >= 0.3 is 0 Å². The number of nitriles is 1. The van der Waals surface area contributed by atoms with E-state index in [0.717, 1.165) is 31.4 Å². The smallest absolute Gasteiger partial charge is 0.240 e. The van der Waals surface area contributed by atoms with Crippen LogP contribution in [0.5, 0.6) is 0 Å². The number of rotatable bonds is 4. The van der Waals surface area contributed by atoms with Crippen molar-refractivity contribution >= 4 is 11.6 Å². The maximum Gasteiger partial charge on any atom is 0.240 e. The van der Waals surface area contributed by atoms with E-state index in [1.807, 2.05) is 31.2 Å². The summed E-state index contributed by atoms with van der Waals surface area (Å²) in [6, 6.07) is 10.1. The number of nitrogens with zero attached hydrogens (tertiary/aromatic N) is 1. The van der Waals surface area contributed by atoms with Crippen molar-refractivity contribution in [2.24, 2.45) is 0 Å². The largest absolute Gasteiger partial charge is 0.376 e. The van der Waals surface area contributed by atoms with Crippen LogP contribution in [0.25, 0.3) is 0 Å². The molecule has 1 aromatic rings. The first-order valence-electron chi connectivity index (χ1n) is 6.66. The van der Waals surface area contributed by atoms with E-state index in [9.17, 15) is 10.1 Å². The van der Waals surface area contributed by atoms with E-state index in [2.05, 4.69) is 16.7 Å². The lowest BCUT2D eigenvalue weighted by Gasteiger charge is -2.22. The number of anilines is 1. The Bertz CT molecular complexity index is 481. The van der Waals surface area contributed by atoms with Crippen molar-refractivity contribution in [2.75, 3.05) is 11.9 Å². The number of amides is 1. The highest BCUT2D eigenvalue weighted by Gasteiger charge is 2.35. The normalized spacial score (nSPS) is 16.6. The van der Waals surface area contributed by atoms with Gasteiger partial charge in [-0.05, 0) is 44.7 Å². The standard InChI is InChI=1S/C15H19N3O/c1-12-4-6-13(7-5-12)17-10-14(19)18-15(11-16)8-2-3-9-15/h4-7,17H,2-3,8-10H2,1H3,(H,18,19). The van der Waals surface area contributed by atoms with Crippen LogP contribution in [-0.2, 0) is 4.79 Å². The molecule has 100 valence electrons. The van der Waals surface area contributed by atoms with E-state index >= 15 is 0 Å². The fourth-order valence-corrected chi connectivity index (χ4v) is 2.41. The van der Waals surface area contributed by atoms with Crippen molar-refractivity contribution in [3.05, 3.63) is 29.8 Å². The van der Waals surface area contributed by atoms with Crippen LogP contribution in [0.2, 0.25) is 0 Å². The second-order valence-electron chi connectivity index (χ2n) is 5.17. The molecular weight excluding hydrogens is 238 g/mol. The van der Waals surface area contributed by atoms with Crippen LogP contribution >= 0.6 is 0 Å². The third-order valence-corrected chi connectivity index (χ3v) is 3.55. The summed E-state index contributed by atoms with van der Waals surface area (Å²) in [5, 5.41) is 15.1. The van der Waals surface area contributed by atoms with E-state index in [1.54, 1.807) is 0 Å². The van der Waals surface area contributed by atoms with E-state index in [4.69, 9.17) is 0 Å². The highest BCUT2D eigenvalue weighted by Crippen LogP contribution is 2.28. The maximum absolute atomic E-state index is 11.9. The van der Waals surface area contributed by atoms with Gasteiger partial charge in [-0.25, -0.2) is 0 Å². The molecule has 0 unspecified atom stereocenters. The van der Waals surface area contributed by atoms with Crippen molar-refractivity contribution in [3.8, 4) is 6.07 Å². The minimum Gasteiger partial charge on any atom is -0.376 e. The lowest BCUT2D eigenvalue weighted by molar-refractivity contribution is -0.120. The molecule has 0 atom stereocenters. The molecule has 1 amide bonds. The first-order chi connectivity index (χ1) is 9.13. The summed E-state index contributed by atoms with van der Waals surface area (Å²) >= 11 is 0. The van der Waals surface area contributed by atoms with Crippen molar-refractivity contribution in [2.45, 2.75) is 38.1 Å². The molecule has 1 saturated carbocycles. The number of hydrogen-bond donors (Lipinski definition) is 2. The third-order valence-electron chi connectivity index (χ3n) is 3.55. The van der Waals surface area contributed by atoms with Crippen LogP contribution in [0, 0.1) is 18.3 Å². The molecule has 19 heavy (non-hydrogen) atoms. The minimum atomic E-state index is -0.633. The topological polar surface area (TPSA) is 64.9 Å². The highest BCUT2D eigenvalue weighted by atomic mass is 16.2. The van der Waals surface area contributed by atoms with Gasteiger partial charge in [0.1, 0.15) is 5.54 Å². The fourth-order valence-electron chi connectivity index (χ4n) is 2.41. The molecule has 1 aliphatic rings. The molecule has 0 spiro atoms. The number of carbonyl (C=O) groups is 1. The summed E-state index contributed by atoms with van der Waals surface area (Å²) in [6.45, 7) is 2.22. The molecular formula is C15H19N3O. The van der Waals surface area contributed by atoms with Gasteiger partial charge in [-0.3, -0.25) is 4.79 Å². The van der Waals surface area contributed by atoms with E-state index in [1.165, 1.54) is 5.56 Å². The van der Waals surface area contributed by atoms with Crippen molar-refractivity contribution in [1.29, 1.82) is 5.26 Å². The Kier molecular flexibility index (Phi) is 4.06. The monoisotopic (exact) mass is 257 g/mol. The van der Waals surface area contributed by atoms with Gasteiger partial charge in [0.25, 0.3) is 0 Å². The van der Waals surface area contributed by atoms with Gasteiger partial charge in [0, 0.05) is 5.69 Å². The molecule has 0 saturated heterocycles. The molecule has 0 radical (unpaired) electrons. The summed E-state index contributed by atoms with van der Waals surface area (Å²) in [4.78, 5) is 11.9. The van der Waals surface area contributed by atoms with Crippen molar-refractivity contribution in [1.82, 2.24) is 5.32 Å². The average molecular weight is 257 g/mol. The number of nitrogens with one attached hydrogen (secondary N) is 2. The van der Waals surface area contributed by atoms with Crippen LogP contribution < -0.4 is 10.6 Å². The zero-order valence-electron chi connectivity index (χ0n) is 11.2. The fraction of sp³-hybridized carbons (Fsp3) is 0.467. The summed E-state index contributed by atoms with van der Waals surface area (Å²) in [5.41, 5.74) is 1.47. The minimum absolute atomic E-state index is 0.121. The molecule has 1 aromatic carbocycles. The molecule has 0 aliphatic heterocycles. The van der Waals surface area contributed by atoms with Gasteiger partial charge in [-0.15, -0.1) is 0 Å². The predicted octanol–water partition coefficient (Wildman–Crippen LogP) is 2.36. The highest BCUT2D eigenvalue weighted by molar-refractivity contribution is 5.81. The van der Waals surface area contributed by atoms with Crippen LogP contribution in [-0.4, -0.2) is 18.0 Å². The Hall–Kier alpha value is -2.02. The van der Waals surface area contributed by atoms with Gasteiger partial charge in [0.2, 0.25) is 5.91 Å². The van der Waals surface area contributed by atoms with Crippen LogP contribution in [0.4, 0.5) is 5.69 Å². The first-order valence-corrected chi connectivity index (χ1v) is 6.66. The SMILES string of the molecule is Cc1ccc(NCC(=O)NC2(C#N)CCCC2)cc1. The van der Waals surface area contributed by atoms with E-state index in [-0.39, 0.29) is 12.5 Å². The van der Waals surface area contributed by atoms with E-state index < -0.39 is 5.54 Å². The number of benzene rings is 1. The Morgan fingerprint density at radius 2 is 1.95 bits per heavy atom. The second-order valence-corrected chi connectivity index (χ2v) is 5.17. The van der Waals surface area contributed by atoms with Crippen LogP contribution in [0.15, 0.2) is 24.3 Å². The van der Waals surface area contributed by atoms with E-state index in [0.29, 0.717) is 0 Å². The Morgan fingerprint density at radius 1 is 1.32 bits per heavy atom. The van der Waals surface area contributed by atoms with Gasteiger partial charge in [-0.1, -0.05) is 17.7 Å². The van der Waals surface area contributed by atoms with Gasteiger partial charge in [-0.2, -0.15) is 5.26 Å². The predicted molar refractivity (Wildman–Crippen MR) is 74.6 cm³/mol. The number of hydrogen-bond acceptors (Lipinski definition) is 3. The lowest BCUT2D eigenvalue weighted by atomic mass is 10.00. The first kappa shape index (κ1) is 13.4. The summed E-state index contributed by atoms with van der Waals surface area (Å²) in [6.07, 6.45) is 3.55. The second kappa shape index (κ2) is 5.75. The molecule has 2 N–H and O–H groups in total. The van der Waals surface area contributed by atoms with Gasteiger partial charge in [0.05, 0.1) is 12.6 Å². The van der Waals surface area contributed by atoms with Crippen molar-refractivity contribution < 1.29 is 4.79 Å². The number of carbonyl (C=O) groups excluding carboxylic acids is 1. The quantitative estimate of drug-likeness (QED) is 0.870. The zero-order chi connectivity index (χ0) is 13.7. The summed E-state index contributed by atoms with van der Waals surface area (Å²) < 4.78 is 0. The summed E-state index contributed by atoms with van der Waals surface area (Å²) in [5.74, 6) is -0.121. The third kappa shape index (κ3) is 3.47. The molecule has 0 bridgehead atoms. The molecule has 1 aliphatic carbocycles. The van der Waals surface area contributed by atoms with Gasteiger partial charge < -0.3 is 10.6 Å².